The van der Waals surface area contributed by atoms with E-state index in [2.05, 4.69) is 10.6 Å². The van der Waals surface area contributed by atoms with Crippen LogP contribution in [0.1, 0.15) is 6.42 Å². The van der Waals surface area contributed by atoms with Crippen molar-refractivity contribution in [3.63, 3.8) is 0 Å². The van der Waals surface area contributed by atoms with Crippen LogP contribution in [0.15, 0.2) is 0 Å². The van der Waals surface area contributed by atoms with Gasteiger partial charge in [0.2, 0.25) is 5.91 Å². The highest BCUT2D eigenvalue weighted by Gasteiger charge is 1.95. The first-order valence-electron chi connectivity index (χ1n) is 4.79. The predicted molar refractivity (Wildman–Crippen MR) is 54.2 cm³/mol. The molecule has 84 valence electrons. The molecule has 1 amide bonds. The first-order chi connectivity index (χ1) is 6.81. The summed E-state index contributed by atoms with van der Waals surface area (Å²) in [6, 6.07) is 0. The van der Waals surface area contributed by atoms with Crippen molar-refractivity contribution in [3.8, 4) is 0 Å². The van der Waals surface area contributed by atoms with Crippen molar-refractivity contribution in [3.05, 3.63) is 0 Å². The van der Waals surface area contributed by atoms with Gasteiger partial charge in [0.25, 0.3) is 0 Å². The van der Waals surface area contributed by atoms with Crippen molar-refractivity contribution < 1.29 is 14.3 Å². The summed E-state index contributed by atoms with van der Waals surface area (Å²) >= 11 is 0. The van der Waals surface area contributed by atoms with Gasteiger partial charge in [-0.3, -0.25) is 4.79 Å². The van der Waals surface area contributed by atoms with Crippen LogP contribution in [0.5, 0.6) is 0 Å². The van der Waals surface area contributed by atoms with E-state index < -0.39 is 0 Å². The van der Waals surface area contributed by atoms with E-state index in [4.69, 9.17) is 9.47 Å². The molecule has 0 saturated carbocycles. The highest BCUT2D eigenvalue weighted by atomic mass is 16.5. The lowest BCUT2D eigenvalue weighted by Crippen LogP contribution is -2.27. The molecule has 0 heterocycles. The maximum absolute atomic E-state index is 10.8. The summed E-state index contributed by atoms with van der Waals surface area (Å²) in [5.74, 6) is 0.0535. The second kappa shape index (κ2) is 10.4. The third kappa shape index (κ3) is 9.44. The number of hydrogen-bond donors (Lipinski definition) is 2. The third-order valence-electron chi connectivity index (χ3n) is 1.66. The molecule has 5 heteroatoms. The molecule has 0 aliphatic carbocycles. The zero-order valence-corrected chi connectivity index (χ0v) is 8.97. The Kier molecular flexibility index (Phi) is 9.95. The monoisotopic (exact) mass is 204 g/mol. The summed E-state index contributed by atoms with van der Waals surface area (Å²) in [5.41, 5.74) is 0. The average Bonchev–Trinajstić information content (AvgIpc) is 2.21. The van der Waals surface area contributed by atoms with Crippen LogP contribution in [0.3, 0.4) is 0 Å². The molecule has 0 aromatic rings. The highest BCUT2D eigenvalue weighted by Crippen LogP contribution is 1.77. The van der Waals surface area contributed by atoms with Crippen molar-refractivity contribution in [2.24, 2.45) is 0 Å². The lowest BCUT2D eigenvalue weighted by molar-refractivity contribution is -0.120. The Morgan fingerprint density at radius 3 is 2.64 bits per heavy atom. The van der Waals surface area contributed by atoms with E-state index >= 15 is 0 Å². The number of carbonyl (C=O) groups is 1. The van der Waals surface area contributed by atoms with Gasteiger partial charge in [0.1, 0.15) is 0 Å². The van der Waals surface area contributed by atoms with Gasteiger partial charge in [-0.15, -0.1) is 0 Å². The summed E-state index contributed by atoms with van der Waals surface area (Å²) in [6.45, 7) is 3.34. The maximum atomic E-state index is 10.8. The first-order valence-corrected chi connectivity index (χ1v) is 4.79. The van der Waals surface area contributed by atoms with Crippen LogP contribution in [0.4, 0.5) is 0 Å². The van der Waals surface area contributed by atoms with E-state index in [0.717, 1.165) is 6.54 Å². The van der Waals surface area contributed by atoms with E-state index in [1.165, 1.54) is 0 Å². The molecule has 0 rings (SSSR count). The minimum absolute atomic E-state index is 0.0535. The maximum Gasteiger partial charge on any atom is 0.221 e. The summed E-state index contributed by atoms with van der Waals surface area (Å²) in [5, 5.41) is 5.66. The second-order valence-corrected chi connectivity index (χ2v) is 2.78. The summed E-state index contributed by atoms with van der Waals surface area (Å²) in [6.07, 6.45) is 0.509. The van der Waals surface area contributed by atoms with Crippen LogP contribution >= 0.6 is 0 Å². The molecule has 0 unspecified atom stereocenters. The van der Waals surface area contributed by atoms with Gasteiger partial charge in [-0.1, -0.05) is 0 Å². The predicted octanol–water partition coefficient (Wildman–Crippen LogP) is -0.625. The normalized spacial score (nSPS) is 10.1. The Balaban J connectivity index is 2.95. The molecule has 5 nitrogen and oxygen atoms in total. The number of rotatable bonds is 9. The Labute approximate surface area is 85.1 Å². The molecule has 14 heavy (non-hydrogen) atoms. The van der Waals surface area contributed by atoms with Gasteiger partial charge in [-0.25, -0.2) is 0 Å². The Morgan fingerprint density at radius 1 is 1.21 bits per heavy atom. The number of methoxy groups -OCH3 is 1. The Bertz CT molecular complexity index is 142. The fraction of sp³-hybridized carbons (Fsp3) is 0.889. The van der Waals surface area contributed by atoms with Gasteiger partial charge in [-0.2, -0.15) is 0 Å². The minimum Gasteiger partial charge on any atom is -0.382 e. The highest BCUT2D eigenvalue weighted by molar-refractivity contribution is 5.75. The molecular formula is C9H20N2O3. The number of hydrogen-bond acceptors (Lipinski definition) is 4. The van der Waals surface area contributed by atoms with Gasteiger partial charge in [-0.05, 0) is 0 Å². The van der Waals surface area contributed by atoms with Gasteiger partial charge in [0.15, 0.2) is 0 Å². The zero-order valence-electron chi connectivity index (χ0n) is 8.97. The van der Waals surface area contributed by atoms with Gasteiger partial charge in [0.05, 0.1) is 19.8 Å². The van der Waals surface area contributed by atoms with Crippen molar-refractivity contribution in [2.75, 3.05) is 47.1 Å². The number of ether oxygens (including phenoxy) is 2. The molecule has 0 fully saturated rings. The molecule has 2 N–H and O–H groups in total. The van der Waals surface area contributed by atoms with Gasteiger partial charge in [0, 0.05) is 33.7 Å². The van der Waals surface area contributed by atoms with E-state index in [-0.39, 0.29) is 5.91 Å². The molecule has 0 saturated heterocycles. The van der Waals surface area contributed by atoms with E-state index in [1.807, 2.05) is 0 Å². The Morgan fingerprint density at radius 2 is 2.00 bits per heavy atom. The number of amides is 1. The van der Waals surface area contributed by atoms with Crippen LogP contribution < -0.4 is 10.6 Å². The summed E-state index contributed by atoms with van der Waals surface area (Å²) in [7, 11) is 3.28. The van der Waals surface area contributed by atoms with Crippen LogP contribution in [-0.4, -0.2) is 53.0 Å². The van der Waals surface area contributed by atoms with E-state index in [1.54, 1.807) is 14.2 Å². The van der Waals surface area contributed by atoms with Gasteiger partial charge < -0.3 is 20.1 Å². The molecular weight excluding hydrogens is 184 g/mol. The van der Waals surface area contributed by atoms with Crippen molar-refractivity contribution >= 4 is 5.91 Å². The number of carbonyl (C=O) groups excluding carboxylic acids is 1. The molecule has 0 atom stereocenters. The lowest BCUT2D eigenvalue weighted by Gasteiger charge is -2.05. The quantitative estimate of drug-likeness (QED) is 0.491. The number of nitrogens with one attached hydrogen (secondary N) is 2. The molecule has 0 aliphatic heterocycles. The third-order valence-corrected chi connectivity index (χ3v) is 1.66. The van der Waals surface area contributed by atoms with Crippen LogP contribution in [0, 0.1) is 0 Å². The van der Waals surface area contributed by atoms with Crippen molar-refractivity contribution in [2.45, 2.75) is 6.42 Å². The minimum atomic E-state index is 0.0535. The molecule has 0 radical (unpaired) electrons. The smallest absolute Gasteiger partial charge is 0.221 e. The molecule has 0 aromatic carbocycles. The van der Waals surface area contributed by atoms with Crippen LogP contribution in [-0.2, 0) is 14.3 Å². The summed E-state index contributed by atoms with van der Waals surface area (Å²) < 4.78 is 10.0. The second-order valence-electron chi connectivity index (χ2n) is 2.78. The topological polar surface area (TPSA) is 59.6 Å². The van der Waals surface area contributed by atoms with E-state index in [9.17, 15) is 4.79 Å². The van der Waals surface area contributed by atoms with Crippen LogP contribution in [0.25, 0.3) is 0 Å². The lowest BCUT2D eigenvalue weighted by atomic mass is 10.4. The first kappa shape index (κ1) is 13.4. The van der Waals surface area contributed by atoms with Gasteiger partial charge >= 0.3 is 0 Å². The van der Waals surface area contributed by atoms with Crippen molar-refractivity contribution in [1.29, 1.82) is 0 Å². The fourth-order valence-electron chi connectivity index (χ4n) is 0.841. The molecule has 0 bridgehead atoms. The molecule has 0 aromatic heterocycles. The van der Waals surface area contributed by atoms with Crippen molar-refractivity contribution in [1.82, 2.24) is 10.6 Å². The SMILES string of the molecule is CNC(=O)CCNCCOCCOC. The van der Waals surface area contributed by atoms with E-state index in [0.29, 0.717) is 32.8 Å². The molecule has 0 spiro atoms. The standard InChI is InChI=1S/C9H20N2O3/c1-10-9(12)3-4-11-5-6-14-8-7-13-2/h11H,3-8H2,1-2H3,(H,10,12). The Hall–Kier alpha value is -0.650. The largest absolute Gasteiger partial charge is 0.382 e. The van der Waals surface area contributed by atoms with Crippen LogP contribution in [0.2, 0.25) is 0 Å². The molecule has 0 aliphatic rings. The fourth-order valence-corrected chi connectivity index (χ4v) is 0.841. The average molecular weight is 204 g/mol. The zero-order chi connectivity index (χ0) is 10.6. The summed E-state index contributed by atoms with van der Waals surface area (Å²) in [4.78, 5) is 10.8.